The Morgan fingerprint density at radius 1 is 0.925 bits per heavy atom. The standard InChI is InChI=1S/C30H31Cl3N6O/c1-18(34)38(19(2)35)21-10-12-37(13-11-21)17-20-14-23(22-6-3-4-7-25(22)31)24-16-36-30(40)39(28(24)15-20)29-26(32)8-5-9-27(29)33/h3-9,14-15,21,34-35H,10-13,16-17H2,1-2H3,(H,36,40). The number of amidine groups is 2. The zero-order valence-corrected chi connectivity index (χ0v) is 24.7. The summed E-state index contributed by atoms with van der Waals surface area (Å²) in [6.07, 6.45) is 1.72. The Balaban J connectivity index is 1.54. The normalized spacial score (nSPS) is 15.9. The van der Waals surface area contributed by atoms with Gasteiger partial charge in [-0.15, -0.1) is 0 Å². The number of benzene rings is 3. The number of nitrogens with zero attached hydrogens (tertiary/aromatic N) is 3. The van der Waals surface area contributed by atoms with Crippen LogP contribution in [0.3, 0.4) is 0 Å². The molecule has 208 valence electrons. The number of para-hydroxylation sites is 1. The van der Waals surface area contributed by atoms with Crippen molar-refractivity contribution in [3.63, 3.8) is 0 Å². The summed E-state index contributed by atoms with van der Waals surface area (Å²) in [5, 5.41) is 20.6. The van der Waals surface area contributed by atoms with Crippen molar-refractivity contribution < 1.29 is 4.79 Å². The van der Waals surface area contributed by atoms with Crippen LogP contribution in [0.1, 0.15) is 37.8 Å². The van der Waals surface area contributed by atoms with E-state index in [9.17, 15) is 4.79 Å². The SMILES string of the molecule is CC(=N)N(C(C)=N)C1CCN(Cc2cc(-c3ccccc3Cl)c3c(c2)N(c2c(Cl)cccc2Cl)C(=O)NC3)CC1. The Bertz CT molecular complexity index is 1450. The summed E-state index contributed by atoms with van der Waals surface area (Å²) < 4.78 is 0. The van der Waals surface area contributed by atoms with Crippen molar-refractivity contribution >= 4 is 63.9 Å². The minimum absolute atomic E-state index is 0.148. The number of nitrogens with one attached hydrogen (secondary N) is 3. The molecule has 0 aromatic heterocycles. The maximum Gasteiger partial charge on any atom is 0.326 e. The van der Waals surface area contributed by atoms with Crippen LogP contribution in [-0.2, 0) is 13.1 Å². The predicted molar refractivity (Wildman–Crippen MR) is 165 cm³/mol. The second-order valence-corrected chi connectivity index (χ2v) is 11.5. The summed E-state index contributed by atoms with van der Waals surface area (Å²) in [5.41, 5.74) is 4.98. The Morgan fingerprint density at radius 3 is 2.17 bits per heavy atom. The fourth-order valence-electron chi connectivity index (χ4n) is 5.78. The maximum atomic E-state index is 13.3. The van der Waals surface area contributed by atoms with Gasteiger partial charge in [-0.05, 0) is 68.1 Å². The number of piperidine rings is 1. The molecule has 0 aliphatic carbocycles. The van der Waals surface area contributed by atoms with E-state index in [-0.39, 0.29) is 12.1 Å². The number of halogens is 3. The number of fused-ring (bicyclic) bond motifs is 1. The van der Waals surface area contributed by atoms with E-state index in [0.29, 0.717) is 45.5 Å². The molecule has 2 heterocycles. The van der Waals surface area contributed by atoms with Crippen molar-refractivity contribution in [1.29, 1.82) is 10.8 Å². The zero-order chi connectivity index (χ0) is 28.6. The van der Waals surface area contributed by atoms with Gasteiger partial charge in [-0.1, -0.05) is 59.1 Å². The molecule has 2 aliphatic heterocycles. The van der Waals surface area contributed by atoms with Gasteiger partial charge in [0.1, 0.15) is 0 Å². The minimum atomic E-state index is -0.297. The lowest BCUT2D eigenvalue weighted by Gasteiger charge is -2.39. The molecule has 3 aromatic carbocycles. The number of rotatable bonds is 5. The molecule has 3 N–H and O–H groups in total. The Labute approximate surface area is 249 Å². The number of urea groups is 1. The highest BCUT2D eigenvalue weighted by molar-refractivity contribution is 6.40. The van der Waals surface area contributed by atoms with E-state index < -0.39 is 0 Å². The number of hydrogen-bond donors (Lipinski definition) is 3. The van der Waals surface area contributed by atoms with Gasteiger partial charge in [0.25, 0.3) is 0 Å². The summed E-state index contributed by atoms with van der Waals surface area (Å²) in [6.45, 7) is 6.17. The van der Waals surface area contributed by atoms with Crippen LogP contribution in [0.15, 0.2) is 54.6 Å². The average Bonchev–Trinajstić information content (AvgIpc) is 2.90. The van der Waals surface area contributed by atoms with Gasteiger partial charge >= 0.3 is 6.03 Å². The molecule has 2 aliphatic rings. The lowest BCUT2D eigenvalue weighted by Crippen LogP contribution is -2.48. The second-order valence-electron chi connectivity index (χ2n) is 10.2. The highest BCUT2D eigenvalue weighted by Crippen LogP contribution is 2.45. The fourth-order valence-corrected chi connectivity index (χ4v) is 6.59. The molecule has 2 amide bonds. The highest BCUT2D eigenvalue weighted by Gasteiger charge is 2.32. The monoisotopic (exact) mass is 596 g/mol. The number of hydrogen-bond acceptors (Lipinski definition) is 4. The Kier molecular flexibility index (Phi) is 8.38. The Hall–Kier alpha value is -3.10. The fraction of sp³-hybridized carbons (Fsp3) is 0.300. The third-order valence-electron chi connectivity index (χ3n) is 7.52. The topological polar surface area (TPSA) is 86.5 Å². The van der Waals surface area contributed by atoms with Crippen LogP contribution in [0.5, 0.6) is 0 Å². The quantitative estimate of drug-likeness (QED) is 0.206. The molecule has 5 rings (SSSR count). The first kappa shape index (κ1) is 28.4. The van der Waals surface area contributed by atoms with Crippen LogP contribution in [0, 0.1) is 10.8 Å². The zero-order valence-electron chi connectivity index (χ0n) is 22.4. The molecule has 3 aromatic rings. The summed E-state index contributed by atoms with van der Waals surface area (Å²) in [5.74, 6) is 0.809. The molecule has 1 saturated heterocycles. The van der Waals surface area contributed by atoms with E-state index in [0.717, 1.165) is 53.9 Å². The summed E-state index contributed by atoms with van der Waals surface area (Å²) in [6, 6.07) is 17.0. The molecular formula is C30H31Cl3N6O. The van der Waals surface area contributed by atoms with E-state index in [1.807, 2.05) is 29.2 Å². The molecule has 10 heteroatoms. The summed E-state index contributed by atoms with van der Waals surface area (Å²) >= 11 is 19.9. The van der Waals surface area contributed by atoms with Gasteiger partial charge in [0, 0.05) is 48.4 Å². The van der Waals surface area contributed by atoms with Crippen LogP contribution in [0.2, 0.25) is 15.1 Å². The summed E-state index contributed by atoms with van der Waals surface area (Å²) in [4.78, 5) is 19.1. The molecule has 1 fully saturated rings. The lowest BCUT2D eigenvalue weighted by molar-refractivity contribution is 0.172. The van der Waals surface area contributed by atoms with Crippen LogP contribution in [0.25, 0.3) is 11.1 Å². The van der Waals surface area contributed by atoms with Crippen molar-refractivity contribution in [2.75, 3.05) is 18.0 Å². The molecule has 0 atom stereocenters. The van der Waals surface area contributed by atoms with E-state index >= 15 is 0 Å². The van der Waals surface area contributed by atoms with Crippen LogP contribution < -0.4 is 10.2 Å². The van der Waals surface area contributed by atoms with E-state index in [2.05, 4.69) is 22.3 Å². The third kappa shape index (κ3) is 5.56. The van der Waals surface area contributed by atoms with Crippen molar-refractivity contribution in [3.8, 4) is 11.1 Å². The van der Waals surface area contributed by atoms with Gasteiger partial charge < -0.3 is 10.2 Å². The predicted octanol–water partition coefficient (Wildman–Crippen LogP) is 7.94. The van der Waals surface area contributed by atoms with Crippen LogP contribution in [0.4, 0.5) is 16.2 Å². The number of amides is 2. The van der Waals surface area contributed by atoms with Gasteiger partial charge in [0.2, 0.25) is 0 Å². The first-order valence-electron chi connectivity index (χ1n) is 13.2. The van der Waals surface area contributed by atoms with Crippen molar-refractivity contribution in [1.82, 2.24) is 15.1 Å². The second kappa shape index (κ2) is 11.8. The van der Waals surface area contributed by atoms with Crippen LogP contribution in [-0.4, -0.2) is 46.6 Å². The Morgan fingerprint density at radius 2 is 1.55 bits per heavy atom. The molecule has 0 saturated carbocycles. The molecule has 0 bridgehead atoms. The van der Waals surface area contributed by atoms with Gasteiger partial charge in [-0.2, -0.15) is 0 Å². The number of carbonyl (C=O) groups is 1. The molecular weight excluding hydrogens is 567 g/mol. The van der Waals surface area contributed by atoms with Gasteiger partial charge in [0.05, 0.1) is 33.1 Å². The lowest BCUT2D eigenvalue weighted by atomic mass is 9.93. The average molecular weight is 598 g/mol. The van der Waals surface area contributed by atoms with Crippen LogP contribution >= 0.6 is 34.8 Å². The van der Waals surface area contributed by atoms with Crippen molar-refractivity contribution in [3.05, 3.63) is 80.8 Å². The third-order valence-corrected chi connectivity index (χ3v) is 8.46. The molecule has 0 radical (unpaired) electrons. The molecule has 0 spiro atoms. The van der Waals surface area contributed by atoms with Crippen molar-refractivity contribution in [2.45, 2.75) is 45.8 Å². The minimum Gasteiger partial charge on any atom is -0.333 e. The number of carbonyl (C=O) groups excluding carboxylic acids is 1. The van der Waals surface area contributed by atoms with E-state index in [1.54, 1.807) is 36.9 Å². The maximum absolute atomic E-state index is 13.3. The van der Waals surface area contributed by atoms with E-state index in [1.165, 1.54) is 0 Å². The number of anilines is 2. The van der Waals surface area contributed by atoms with Crippen molar-refractivity contribution in [2.24, 2.45) is 0 Å². The summed E-state index contributed by atoms with van der Waals surface area (Å²) in [7, 11) is 0. The van der Waals surface area contributed by atoms with Gasteiger partial charge in [0.15, 0.2) is 0 Å². The molecule has 0 unspecified atom stereocenters. The van der Waals surface area contributed by atoms with E-state index in [4.69, 9.17) is 45.6 Å². The number of likely N-dealkylation sites (tertiary alicyclic amines) is 1. The van der Waals surface area contributed by atoms with Gasteiger partial charge in [-0.25, -0.2) is 4.79 Å². The smallest absolute Gasteiger partial charge is 0.326 e. The first-order chi connectivity index (χ1) is 19.2. The van der Waals surface area contributed by atoms with Gasteiger partial charge in [-0.3, -0.25) is 20.6 Å². The molecule has 40 heavy (non-hydrogen) atoms. The molecule has 7 nitrogen and oxygen atoms in total. The first-order valence-corrected chi connectivity index (χ1v) is 14.3. The highest BCUT2D eigenvalue weighted by atomic mass is 35.5. The largest absolute Gasteiger partial charge is 0.333 e.